The highest BCUT2D eigenvalue weighted by Crippen LogP contribution is 2.20. The number of aliphatic hydroxyl groups excluding tert-OH is 1. The van der Waals surface area contributed by atoms with Gasteiger partial charge in [-0.2, -0.15) is 0 Å². The lowest BCUT2D eigenvalue weighted by molar-refractivity contribution is -0.118. The summed E-state index contributed by atoms with van der Waals surface area (Å²) in [5, 5.41) is 15.7. The second kappa shape index (κ2) is 7.38. The Morgan fingerprint density at radius 2 is 2.09 bits per heavy atom. The van der Waals surface area contributed by atoms with Gasteiger partial charge >= 0.3 is 0 Å². The van der Waals surface area contributed by atoms with Crippen molar-refractivity contribution in [2.75, 3.05) is 31.6 Å². The first-order valence-electron chi connectivity index (χ1n) is 7.57. The molecule has 0 bridgehead atoms. The van der Waals surface area contributed by atoms with Gasteiger partial charge in [-0.15, -0.1) is 0 Å². The summed E-state index contributed by atoms with van der Waals surface area (Å²) < 4.78 is 0. The smallest absolute Gasteiger partial charge is 0.253 e. The van der Waals surface area contributed by atoms with Gasteiger partial charge in [-0.1, -0.05) is 19.1 Å². The summed E-state index contributed by atoms with van der Waals surface area (Å²) in [6.07, 6.45) is -0.0493. The number of rotatable bonds is 5. The first-order chi connectivity index (χ1) is 10.5. The molecule has 1 aromatic carbocycles. The summed E-state index contributed by atoms with van der Waals surface area (Å²) in [6.45, 7) is 3.45. The number of carbonyl (C=O) groups excluding carboxylic acids is 2. The molecule has 0 spiro atoms. The molecule has 1 saturated heterocycles. The maximum absolute atomic E-state index is 12.4. The molecule has 22 heavy (non-hydrogen) atoms. The Balaban J connectivity index is 2.07. The van der Waals surface area contributed by atoms with E-state index in [9.17, 15) is 14.7 Å². The van der Waals surface area contributed by atoms with Gasteiger partial charge in [0, 0.05) is 39.0 Å². The highest BCUT2D eigenvalue weighted by Gasteiger charge is 2.25. The van der Waals surface area contributed by atoms with E-state index in [0.29, 0.717) is 37.3 Å². The summed E-state index contributed by atoms with van der Waals surface area (Å²) in [5.41, 5.74) is 1.06. The summed E-state index contributed by atoms with van der Waals surface area (Å²) >= 11 is 0. The van der Waals surface area contributed by atoms with Crippen molar-refractivity contribution in [1.29, 1.82) is 0 Å². The van der Waals surface area contributed by atoms with Crippen LogP contribution in [0.2, 0.25) is 0 Å². The second-order valence-corrected chi connectivity index (χ2v) is 5.52. The zero-order valence-corrected chi connectivity index (χ0v) is 13.0. The van der Waals surface area contributed by atoms with E-state index in [1.165, 1.54) is 4.90 Å². The Morgan fingerprint density at radius 1 is 1.36 bits per heavy atom. The Labute approximate surface area is 130 Å². The van der Waals surface area contributed by atoms with Crippen LogP contribution in [0.1, 0.15) is 23.7 Å². The number of hydrogen-bond acceptors (Lipinski definition) is 4. The van der Waals surface area contributed by atoms with Crippen LogP contribution in [-0.2, 0) is 4.79 Å². The van der Waals surface area contributed by atoms with Crippen molar-refractivity contribution >= 4 is 17.5 Å². The molecule has 2 atom stereocenters. The number of β-amino-alcohol motifs (C(OH)–C–C–N with tert-alkyl or cyclic N) is 1. The summed E-state index contributed by atoms with van der Waals surface area (Å²) in [5.74, 6) is -0.257. The quantitative estimate of drug-likeness (QED) is 0.734. The van der Waals surface area contributed by atoms with Gasteiger partial charge in [0.05, 0.1) is 17.4 Å². The Morgan fingerprint density at radius 3 is 2.73 bits per heavy atom. The number of carbonyl (C=O) groups is 2. The van der Waals surface area contributed by atoms with E-state index in [-0.39, 0.29) is 17.7 Å². The van der Waals surface area contributed by atoms with Gasteiger partial charge < -0.3 is 20.6 Å². The molecule has 1 fully saturated rings. The first kappa shape index (κ1) is 16.5. The minimum atomic E-state index is -0.431. The van der Waals surface area contributed by atoms with Crippen LogP contribution in [0.25, 0.3) is 0 Å². The average molecular weight is 305 g/mol. The molecule has 2 rings (SSSR count). The molecule has 1 aliphatic heterocycles. The van der Waals surface area contributed by atoms with E-state index < -0.39 is 6.10 Å². The molecule has 120 valence electrons. The first-order valence-corrected chi connectivity index (χ1v) is 7.57. The zero-order valence-electron chi connectivity index (χ0n) is 13.0. The Bertz CT molecular complexity index is 547. The van der Waals surface area contributed by atoms with E-state index in [1.807, 2.05) is 0 Å². The SMILES string of the molecule is CCC(=O)N(C)c1ccccc1C(=O)NCC1CNCC1O. The number of amides is 2. The summed E-state index contributed by atoms with van der Waals surface area (Å²) in [7, 11) is 1.67. The molecule has 2 amide bonds. The molecule has 6 heteroatoms. The van der Waals surface area contributed by atoms with E-state index >= 15 is 0 Å². The predicted molar refractivity (Wildman–Crippen MR) is 84.8 cm³/mol. The monoisotopic (exact) mass is 305 g/mol. The molecule has 6 nitrogen and oxygen atoms in total. The van der Waals surface area contributed by atoms with E-state index in [0.717, 1.165) is 0 Å². The van der Waals surface area contributed by atoms with E-state index in [4.69, 9.17) is 0 Å². The average Bonchev–Trinajstić information content (AvgIpc) is 2.96. The highest BCUT2D eigenvalue weighted by atomic mass is 16.3. The summed E-state index contributed by atoms with van der Waals surface area (Å²) in [4.78, 5) is 25.7. The number of hydrogen-bond donors (Lipinski definition) is 3. The lowest BCUT2D eigenvalue weighted by Crippen LogP contribution is -2.35. The molecule has 2 unspecified atom stereocenters. The van der Waals surface area contributed by atoms with E-state index in [1.54, 1.807) is 38.2 Å². The van der Waals surface area contributed by atoms with Crippen LogP contribution in [0.15, 0.2) is 24.3 Å². The Kier molecular flexibility index (Phi) is 5.51. The van der Waals surface area contributed by atoms with Crippen molar-refractivity contribution in [1.82, 2.24) is 10.6 Å². The number of anilines is 1. The van der Waals surface area contributed by atoms with Gasteiger partial charge in [-0.05, 0) is 12.1 Å². The normalized spacial score (nSPS) is 20.7. The van der Waals surface area contributed by atoms with Gasteiger partial charge in [0.25, 0.3) is 5.91 Å². The van der Waals surface area contributed by atoms with Crippen LogP contribution in [0.3, 0.4) is 0 Å². The molecular weight excluding hydrogens is 282 g/mol. The molecule has 1 aromatic rings. The minimum absolute atomic E-state index is 0.0196. The van der Waals surface area contributed by atoms with Crippen LogP contribution < -0.4 is 15.5 Å². The molecule has 0 radical (unpaired) electrons. The summed E-state index contributed by atoms with van der Waals surface area (Å²) in [6, 6.07) is 7.03. The predicted octanol–water partition coefficient (Wildman–Crippen LogP) is 0.369. The lowest BCUT2D eigenvalue weighted by atomic mass is 10.1. The van der Waals surface area contributed by atoms with E-state index in [2.05, 4.69) is 10.6 Å². The second-order valence-electron chi connectivity index (χ2n) is 5.52. The van der Waals surface area contributed by atoms with Crippen molar-refractivity contribution in [2.45, 2.75) is 19.4 Å². The topological polar surface area (TPSA) is 81.7 Å². The van der Waals surface area contributed by atoms with Crippen molar-refractivity contribution in [3.8, 4) is 0 Å². The maximum atomic E-state index is 12.4. The lowest BCUT2D eigenvalue weighted by Gasteiger charge is -2.20. The maximum Gasteiger partial charge on any atom is 0.253 e. The van der Waals surface area contributed by atoms with Crippen molar-refractivity contribution in [2.24, 2.45) is 5.92 Å². The van der Waals surface area contributed by atoms with Crippen molar-refractivity contribution < 1.29 is 14.7 Å². The van der Waals surface area contributed by atoms with Crippen LogP contribution in [0.4, 0.5) is 5.69 Å². The highest BCUT2D eigenvalue weighted by molar-refractivity contribution is 6.04. The van der Waals surface area contributed by atoms with Gasteiger partial charge in [0.1, 0.15) is 0 Å². The van der Waals surface area contributed by atoms with Crippen LogP contribution in [0, 0.1) is 5.92 Å². The fourth-order valence-electron chi connectivity index (χ4n) is 2.58. The van der Waals surface area contributed by atoms with Crippen LogP contribution in [-0.4, -0.2) is 49.7 Å². The number of nitrogens with one attached hydrogen (secondary N) is 2. The van der Waals surface area contributed by atoms with Gasteiger partial charge in [-0.25, -0.2) is 0 Å². The van der Waals surface area contributed by atoms with Gasteiger partial charge in [0.2, 0.25) is 5.91 Å². The third kappa shape index (κ3) is 3.64. The third-order valence-corrected chi connectivity index (χ3v) is 4.02. The molecule has 0 saturated carbocycles. The number of para-hydroxylation sites is 1. The van der Waals surface area contributed by atoms with Gasteiger partial charge in [0.15, 0.2) is 0 Å². The number of nitrogens with zero attached hydrogens (tertiary/aromatic N) is 1. The standard InChI is InChI=1S/C16H23N3O3/c1-3-15(21)19(2)13-7-5-4-6-12(13)16(22)18-9-11-8-17-10-14(11)20/h4-7,11,14,17,20H,3,8-10H2,1-2H3,(H,18,22). The van der Waals surface area contributed by atoms with Gasteiger partial charge in [-0.3, -0.25) is 9.59 Å². The minimum Gasteiger partial charge on any atom is -0.391 e. The Hall–Kier alpha value is -1.92. The molecule has 0 aromatic heterocycles. The third-order valence-electron chi connectivity index (χ3n) is 4.02. The molecule has 1 aliphatic rings. The van der Waals surface area contributed by atoms with Crippen LogP contribution in [0.5, 0.6) is 0 Å². The molecule has 0 aliphatic carbocycles. The van der Waals surface area contributed by atoms with Crippen molar-refractivity contribution in [3.63, 3.8) is 0 Å². The fraction of sp³-hybridized carbons (Fsp3) is 0.500. The molecular formula is C16H23N3O3. The number of benzene rings is 1. The molecule has 1 heterocycles. The number of aliphatic hydroxyl groups is 1. The van der Waals surface area contributed by atoms with Crippen LogP contribution >= 0.6 is 0 Å². The zero-order chi connectivity index (χ0) is 16.1. The van der Waals surface area contributed by atoms with Crippen molar-refractivity contribution in [3.05, 3.63) is 29.8 Å². The largest absolute Gasteiger partial charge is 0.391 e. The molecule has 3 N–H and O–H groups in total. The fourth-order valence-corrected chi connectivity index (χ4v) is 2.58.